The number of benzene rings is 1. The number of nitriles is 2. The number of nitrogens with zero attached hydrogens (tertiary/aromatic N) is 7. The van der Waals surface area contributed by atoms with Gasteiger partial charge in [0.2, 0.25) is 0 Å². The number of dihydropyridines is 1. The number of aromatic nitrogens is 2. The van der Waals surface area contributed by atoms with Gasteiger partial charge in [0.05, 0.1) is 54.6 Å². The van der Waals surface area contributed by atoms with Crippen LogP contribution in [-0.4, -0.2) is 38.8 Å². The molecule has 176 valence electrons. The van der Waals surface area contributed by atoms with E-state index in [9.17, 15) is 10.1 Å². The molecule has 2 aliphatic heterocycles. The average molecular weight is 467 g/mol. The van der Waals surface area contributed by atoms with Gasteiger partial charge in [0, 0.05) is 18.0 Å². The van der Waals surface area contributed by atoms with Gasteiger partial charge in [0.25, 0.3) is 5.91 Å². The van der Waals surface area contributed by atoms with Gasteiger partial charge < -0.3 is 0 Å². The number of carbonyl (C=O) groups is 1. The SMILES string of the molecule is Cc1cc(N=C2NN([C@H]3CCCC[C@@H]3C#N)C3=CC=NC(=O)C32)ccc1-c1cnn(CCC#N)c1. The maximum Gasteiger partial charge on any atom is 0.262 e. The third kappa shape index (κ3) is 4.33. The summed E-state index contributed by atoms with van der Waals surface area (Å²) in [5.74, 6) is -0.392. The van der Waals surface area contributed by atoms with E-state index < -0.39 is 5.92 Å². The highest BCUT2D eigenvalue weighted by Gasteiger charge is 2.45. The predicted octanol–water partition coefficient (Wildman–Crippen LogP) is 3.82. The van der Waals surface area contributed by atoms with Crippen molar-refractivity contribution in [1.82, 2.24) is 20.2 Å². The van der Waals surface area contributed by atoms with Crippen molar-refractivity contribution in [3.05, 3.63) is 47.9 Å². The summed E-state index contributed by atoms with van der Waals surface area (Å²) in [5, 5.41) is 24.8. The Morgan fingerprint density at radius 1 is 1.26 bits per heavy atom. The fourth-order valence-electron chi connectivity index (χ4n) is 5.12. The first kappa shape index (κ1) is 22.5. The van der Waals surface area contributed by atoms with Gasteiger partial charge in [-0.15, -0.1) is 0 Å². The standard InChI is InChI=1S/C26H26N8O/c1-17-13-20(7-8-21(17)19-15-30-33(16-19)12-4-10-27)31-25-24-23(9-11-29-26(24)35)34(32-25)22-6-3-2-5-18(22)14-28/h7-9,11,13,15-16,18,22,24H,2-6,12H2,1H3,(H,31,32)/t18-,22+,24?/m1/s1. The summed E-state index contributed by atoms with van der Waals surface area (Å²) in [5.41, 5.74) is 7.95. The van der Waals surface area contributed by atoms with Crippen LogP contribution >= 0.6 is 0 Å². The van der Waals surface area contributed by atoms with E-state index in [1.165, 1.54) is 6.21 Å². The van der Waals surface area contributed by atoms with Gasteiger partial charge in [0.1, 0.15) is 11.8 Å². The fraction of sp³-hybridized carbons (Fsp3) is 0.385. The van der Waals surface area contributed by atoms with E-state index in [1.54, 1.807) is 10.9 Å². The van der Waals surface area contributed by atoms with E-state index >= 15 is 0 Å². The zero-order valence-electron chi connectivity index (χ0n) is 19.6. The van der Waals surface area contributed by atoms with Gasteiger partial charge in [-0.25, -0.2) is 9.98 Å². The maximum absolute atomic E-state index is 12.8. The lowest BCUT2D eigenvalue weighted by atomic mass is 9.84. The van der Waals surface area contributed by atoms with E-state index in [1.807, 2.05) is 42.4 Å². The number of fused-ring (bicyclic) bond motifs is 1. The third-order valence-electron chi connectivity index (χ3n) is 6.86. The van der Waals surface area contributed by atoms with E-state index in [2.05, 4.69) is 27.7 Å². The van der Waals surface area contributed by atoms with Crippen LogP contribution in [0.4, 0.5) is 5.69 Å². The summed E-state index contributed by atoms with van der Waals surface area (Å²) < 4.78 is 1.77. The molecule has 2 fully saturated rings. The van der Waals surface area contributed by atoms with Gasteiger partial charge in [-0.05, 0) is 49.1 Å². The Labute approximate surface area is 204 Å². The average Bonchev–Trinajstić information content (AvgIpc) is 3.48. The van der Waals surface area contributed by atoms with Gasteiger partial charge in [-0.3, -0.25) is 19.9 Å². The van der Waals surface area contributed by atoms with Crippen molar-refractivity contribution in [1.29, 1.82) is 10.5 Å². The van der Waals surface area contributed by atoms with Crippen molar-refractivity contribution >= 4 is 23.6 Å². The monoisotopic (exact) mass is 466 g/mol. The quantitative estimate of drug-likeness (QED) is 0.715. The molecular weight excluding hydrogens is 440 g/mol. The van der Waals surface area contributed by atoms with Crippen LogP contribution in [0.5, 0.6) is 0 Å². The molecule has 0 spiro atoms. The van der Waals surface area contributed by atoms with Crippen molar-refractivity contribution in [3.8, 4) is 23.3 Å². The minimum absolute atomic E-state index is 0.00354. The number of carbonyl (C=O) groups excluding carboxylic acids is 1. The minimum Gasteiger partial charge on any atom is -0.285 e. The second-order valence-corrected chi connectivity index (χ2v) is 9.11. The lowest BCUT2D eigenvalue weighted by Gasteiger charge is -2.36. The van der Waals surface area contributed by atoms with Crippen LogP contribution in [0, 0.1) is 41.4 Å². The Morgan fingerprint density at radius 3 is 2.91 bits per heavy atom. The van der Waals surface area contributed by atoms with E-state index in [0.717, 1.165) is 53.8 Å². The molecular formula is C26H26N8O. The minimum atomic E-state index is -0.584. The highest BCUT2D eigenvalue weighted by Crippen LogP contribution is 2.36. The molecule has 5 rings (SSSR count). The molecule has 0 bridgehead atoms. The highest BCUT2D eigenvalue weighted by molar-refractivity contribution is 6.12. The molecule has 1 aromatic heterocycles. The zero-order chi connectivity index (χ0) is 24.4. The molecule has 3 atom stereocenters. The molecule has 35 heavy (non-hydrogen) atoms. The molecule has 0 radical (unpaired) electrons. The number of aryl methyl sites for hydroxylation is 2. The number of rotatable bonds is 5. The van der Waals surface area contributed by atoms with Crippen LogP contribution in [0.15, 0.2) is 52.4 Å². The first-order valence-electron chi connectivity index (χ1n) is 11.9. The fourth-order valence-corrected chi connectivity index (χ4v) is 5.12. The molecule has 1 unspecified atom stereocenters. The summed E-state index contributed by atoms with van der Waals surface area (Å²) in [4.78, 5) is 21.6. The highest BCUT2D eigenvalue weighted by atomic mass is 16.1. The molecule has 3 heterocycles. The van der Waals surface area contributed by atoms with Crippen LogP contribution < -0.4 is 5.43 Å². The number of nitrogens with one attached hydrogen (secondary N) is 1. The summed E-state index contributed by atoms with van der Waals surface area (Å²) in [7, 11) is 0. The summed E-state index contributed by atoms with van der Waals surface area (Å²) in [6, 6.07) is 10.5. The maximum atomic E-state index is 12.8. The number of hydrazine groups is 1. The Morgan fingerprint density at radius 2 is 2.11 bits per heavy atom. The first-order valence-corrected chi connectivity index (χ1v) is 11.9. The van der Waals surface area contributed by atoms with Crippen LogP contribution in [0.2, 0.25) is 0 Å². The normalized spacial score (nSPS) is 24.5. The topological polar surface area (TPSA) is 122 Å². The number of aliphatic imine (C=N–C) groups is 2. The number of amides is 1. The molecule has 1 N–H and O–H groups in total. The molecule has 1 saturated carbocycles. The molecule has 1 aromatic carbocycles. The van der Waals surface area contributed by atoms with Crippen molar-refractivity contribution in [2.75, 3.05) is 0 Å². The summed E-state index contributed by atoms with van der Waals surface area (Å²) >= 11 is 0. The first-order chi connectivity index (χ1) is 17.1. The lowest BCUT2D eigenvalue weighted by Crippen LogP contribution is -2.46. The second-order valence-electron chi connectivity index (χ2n) is 9.11. The van der Waals surface area contributed by atoms with Crippen molar-refractivity contribution in [3.63, 3.8) is 0 Å². The van der Waals surface area contributed by atoms with E-state index in [4.69, 9.17) is 10.3 Å². The van der Waals surface area contributed by atoms with Gasteiger partial charge in [-0.2, -0.15) is 15.6 Å². The molecule has 1 aliphatic carbocycles. The molecule has 1 amide bonds. The Hall–Kier alpha value is -4.24. The number of hydrogen-bond acceptors (Lipinski definition) is 6. The van der Waals surface area contributed by atoms with Crippen LogP contribution in [0.3, 0.4) is 0 Å². The largest absolute Gasteiger partial charge is 0.285 e. The van der Waals surface area contributed by atoms with Gasteiger partial charge >= 0.3 is 0 Å². The Balaban J connectivity index is 1.43. The molecule has 9 heteroatoms. The van der Waals surface area contributed by atoms with E-state index in [0.29, 0.717) is 18.8 Å². The number of allylic oxidation sites excluding steroid dienone is 1. The molecule has 2 aromatic rings. The molecule has 3 aliphatic rings. The van der Waals surface area contributed by atoms with Gasteiger partial charge in [-0.1, -0.05) is 18.9 Å². The van der Waals surface area contributed by atoms with Crippen LogP contribution in [-0.2, 0) is 11.3 Å². The van der Waals surface area contributed by atoms with Crippen molar-refractivity contribution in [2.24, 2.45) is 21.8 Å². The summed E-state index contributed by atoms with van der Waals surface area (Å²) in [6.45, 7) is 2.58. The van der Waals surface area contributed by atoms with Crippen molar-refractivity contribution < 1.29 is 4.79 Å². The lowest BCUT2D eigenvalue weighted by molar-refractivity contribution is -0.119. The Bertz CT molecular complexity index is 1320. The third-order valence-corrected chi connectivity index (χ3v) is 6.86. The molecule has 1 saturated heterocycles. The number of amidine groups is 1. The smallest absolute Gasteiger partial charge is 0.262 e. The number of hydrogen-bond donors (Lipinski definition) is 1. The zero-order valence-corrected chi connectivity index (χ0v) is 19.6. The van der Waals surface area contributed by atoms with Gasteiger partial charge in [0.15, 0.2) is 0 Å². The van der Waals surface area contributed by atoms with Crippen LogP contribution in [0.1, 0.15) is 37.7 Å². The predicted molar refractivity (Wildman–Crippen MR) is 131 cm³/mol. The second kappa shape index (κ2) is 9.55. The van der Waals surface area contributed by atoms with E-state index in [-0.39, 0.29) is 17.9 Å². The summed E-state index contributed by atoms with van der Waals surface area (Å²) in [6.07, 6.45) is 11.4. The molecule has 9 nitrogen and oxygen atoms in total. The van der Waals surface area contributed by atoms with Crippen molar-refractivity contribution in [2.45, 2.75) is 51.6 Å². The van der Waals surface area contributed by atoms with Crippen LogP contribution in [0.25, 0.3) is 11.1 Å². The Kier molecular flexibility index (Phi) is 6.15.